The zero-order chi connectivity index (χ0) is 11.2. The summed E-state index contributed by atoms with van der Waals surface area (Å²) < 4.78 is 6.98. The topological polar surface area (TPSA) is 9.23 Å². The summed E-state index contributed by atoms with van der Waals surface area (Å²) in [5.41, 5.74) is 1.31. The second-order valence-corrected chi connectivity index (χ2v) is 5.39. The van der Waals surface area contributed by atoms with Crippen molar-refractivity contribution in [1.29, 1.82) is 0 Å². The molecule has 1 atom stereocenters. The summed E-state index contributed by atoms with van der Waals surface area (Å²) in [6.45, 7) is 0.916. The molecular weight excluding hydrogens is 311 g/mol. The number of alkyl halides is 1. The molecule has 0 spiro atoms. The van der Waals surface area contributed by atoms with Crippen molar-refractivity contribution < 1.29 is 4.74 Å². The first-order chi connectivity index (χ1) is 7.90. The molecule has 1 unspecified atom stereocenters. The van der Waals surface area contributed by atoms with Gasteiger partial charge in [-0.2, -0.15) is 0 Å². The van der Waals surface area contributed by atoms with Crippen molar-refractivity contribution in [3.63, 3.8) is 0 Å². The molecule has 1 fully saturated rings. The highest BCUT2D eigenvalue weighted by Gasteiger charge is 2.20. The molecule has 0 amide bonds. The van der Waals surface area contributed by atoms with Crippen molar-refractivity contribution in [2.75, 3.05) is 11.0 Å². The molecule has 2 rings (SSSR count). The fraction of sp³-hybridized carbons (Fsp3) is 0.571. The molecule has 0 heterocycles. The molecule has 1 aliphatic rings. The van der Waals surface area contributed by atoms with Crippen LogP contribution in [0.5, 0.6) is 0 Å². The minimum absolute atomic E-state index is 0.279. The summed E-state index contributed by atoms with van der Waals surface area (Å²) in [6, 6.07) is 10.5. The quantitative estimate of drug-likeness (QED) is 0.410. The molecule has 2 heteroatoms. The van der Waals surface area contributed by atoms with E-state index in [0.29, 0.717) is 0 Å². The Morgan fingerprint density at radius 3 is 2.62 bits per heavy atom. The number of rotatable bonds is 7. The van der Waals surface area contributed by atoms with Crippen LogP contribution in [0.4, 0.5) is 0 Å². The number of hydrogen-bond donors (Lipinski definition) is 0. The molecule has 0 N–H and O–H groups in total. The lowest BCUT2D eigenvalue weighted by molar-refractivity contribution is 0.0675. The van der Waals surface area contributed by atoms with E-state index >= 15 is 0 Å². The van der Waals surface area contributed by atoms with Gasteiger partial charge in [-0.25, -0.2) is 0 Å². The van der Waals surface area contributed by atoms with Gasteiger partial charge in [-0.05, 0) is 24.3 Å². The van der Waals surface area contributed by atoms with Crippen LogP contribution in [0, 0.1) is 5.92 Å². The zero-order valence-electron chi connectivity index (χ0n) is 9.57. The van der Waals surface area contributed by atoms with Gasteiger partial charge in [0, 0.05) is 11.0 Å². The first kappa shape index (κ1) is 12.4. The third-order valence-electron chi connectivity index (χ3n) is 3.08. The maximum Gasteiger partial charge on any atom is 0.0914 e. The van der Waals surface area contributed by atoms with Gasteiger partial charge in [0.2, 0.25) is 0 Å². The SMILES string of the molecule is ICC(OCCCC1CC1)c1ccccc1. The van der Waals surface area contributed by atoms with Crippen molar-refractivity contribution >= 4 is 22.6 Å². The molecule has 1 aromatic rings. The van der Waals surface area contributed by atoms with Crippen molar-refractivity contribution in [2.45, 2.75) is 31.8 Å². The smallest absolute Gasteiger partial charge is 0.0914 e. The standard InChI is InChI=1S/C14H19IO/c15-11-14(13-6-2-1-3-7-13)16-10-4-5-12-8-9-12/h1-3,6-7,12,14H,4-5,8-11H2. The van der Waals surface area contributed by atoms with Crippen LogP contribution in [0.2, 0.25) is 0 Å². The average molecular weight is 330 g/mol. The van der Waals surface area contributed by atoms with E-state index in [1.807, 2.05) is 0 Å². The molecule has 1 nitrogen and oxygen atoms in total. The third kappa shape index (κ3) is 4.06. The number of hydrogen-bond acceptors (Lipinski definition) is 1. The van der Waals surface area contributed by atoms with Gasteiger partial charge in [0.15, 0.2) is 0 Å². The molecule has 1 saturated carbocycles. The highest BCUT2D eigenvalue weighted by Crippen LogP contribution is 2.33. The van der Waals surface area contributed by atoms with E-state index in [2.05, 4.69) is 52.9 Å². The zero-order valence-corrected chi connectivity index (χ0v) is 11.7. The van der Waals surface area contributed by atoms with Crippen LogP contribution in [0.3, 0.4) is 0 Å². The van der Waals surface area contributed by atoms with Gasteiger partial charge in [0.05, 0.1) is 6.10 Å². The van der Waals surface area contributed by atoms with E-state index < -0.39 is 0 Å². The summed E-state index contributed by atoms with van der Waals surface area (Å²) in [6.07, 6.45) is 5.77. The van der Waals surface area contributed by atoms with Crippen LogP contribution in [0.15, 0.2) is 30.3 Å². The summed E-state index contributed by atoms with van der Waals surface area (Å²) in [7, 11) is 0. The highest BCUT2D eigenvalue weighted by molar-refractivity contribution is 14.1. The van der Waals surface area contributed by atoms with Crippen molar-refractivity contribution in [2.24, 2.45) is 5.92 Å². The van der Waals surface area contributed by atoms with Crippen LogP contribution in [0.25, 0.3) is 0 Å². The average Bonchev–Trinajstić information content (AvgIpc) is 3.14. The van der Waals surface area contributed by atoms with Gasteiger partial charge in [-0.3, -0.25) is 0 Å². The van der Waals surface area contributed by atoms with Crippen LogP contribution in [-0.4, -0.2) is 11.0 Å². The predicted octanol–water partition coefficient (Wildman–Crippen LogP) is 4.37. The van der Waals surface area contributed by atoms with E-state index in [1.165, 1.54) is 31.2 Å². The Morgan fingerprint density at radius 1 is 1.25 bits per heavy atom. The fourth-order valence-corrected chi connectivity index (χ4v) is 2.66. The maximum atomic E-state index is 5.95. The molecule has 88 valence electrons. The van der Waals surface area contributed by atoms with E-state index in [0.717, 1.165) is 17.0 Å². The van der Waals surface area contributed by atoms with Crippen molar-refractivity contribution in [3.05, 3.63) is 35.9 Å². The third-order valence-corrected chi connectivity index (χ3v) is 3.88. The van der Waals surface area contributed by atoms with Crippen LogP contribution in [0.1, 0.15) is 37.4 Å². The van der Waals surface area contributed by atoms with Crippen LogP contribution >= 0.6 is 22.6 Å². The lowest BCUT2D eigenvalue weighted by atomic mass is 10.1. The molecule has 1 aliphatic carbocycles. The lowest BCUT2D eigenvalue weighted by Crippen LogP contribution is -2.07. The molecule has 0 bridgehead atoms. The minimum Gasteiger partial charge on any atom is -0.373 e. The Bertz CT molecular complexity index is 295. The second-order valence-electron chi connectivity index (χ2n) is 4.51. The van der Waals surface area contributed by atoms with Gasteiger partial charge in [-0.1, -0.05) is 65.8 Å². The molecule has 16 heavy (non-hydrogen) atoms. The van der Waals surface area contributed by atoms with E-state index in [1.54, 1.807) is 0 Å². The minimum atomic E-state index is 0.279. The Balaban J connectivity index is 1.72. The van der Waals surface area contributed by atoms with Crippen LogP contribution < -0.4 is 0 Å². The largest absolute Gasteiger partial charge is 0.373 e. The normalized spacial score (nSPS) is 17.3. The van der Waals surface area contributed by atoms with Gasteiger partial charge < -0.3 is 4.74 Å². The van der Waals surface area contributed by atoms with Gasteiger partial charge in [0.1, 0.15) is 0 Å². The van der Waals surface area contributed by atoms with Crippen molar-refractivity contribution in [1.82, 2.24) is 0 Å². The second kappa shape index (κ2) is 6.60. The maximum absolute atomic E-state index is 5.95. The van der Waals surface area contributed by atoms with Gasteiger partial charge in [0.25, 0.3) is 0 Å². The monoisotopic (exact) mass is 330 g/mol. The first-order valence-electron chi connectivity index (χ1n) is 6.12. The molecular formula is C14H19IO. The highest BCUT2D eigenvalue weighted by atomic mass is 127. The predicted molar refractivity (Wildman–Crippen MR) is 76.0 cm³/mol. The summed E-state index contributed by atoms with van der Waals surface area (Å²) in [4.78, 5) is 0. The van der Waals surface area contributed by atoms with E-state index in [9.17, 15) is 0 Å². The Morgan fingerprint density at radius 2 is 2.00 bits per heavy atom. The lowest BCUT2D eigenvalue weighted by Gasteiger charge is -2.15. The van der Waals surface area contributed by atoms with Gasteiger partial charge >= 0.3 is 0 Å². The van der Waals surface area contributed by atoms with Crippen LogP contribution in [-0.2, 0) is 4.74 Å². The van der Waals surface area contributed by atoms with E-state index in [4.69, 9.17) is 4.74 Å². The number of halogens is 1. The van der Waals surface area contributed by atoms with E-state index in [-0.39, 0.29) is 6.10 Å². The molecule has 0 aliphatic heterocycles. The number of ether oxygens (including phenoxy) is 1. The first-order valence-corrected chi connectivity index (χ1v) is 7.65. The Hall–Kier alpha value is -0.0900. The molecule has 0 aromatic heterocycles. The Labute approximate surface area is 112 Å². The summed E-state index contributed by atoms with van der Waals surface area (Å²) in [5, 5.41) is 0. The fourth-order valence-electron chi connectivity index (χ4n) is 1.90. The summed E-state index contributed by atoms with van der Waals surface area (Å²) >= 11 is 2.41. The van der Waals surface area contributed by atoms with Gasteiger partial charge in [-0.15, -0.1) is 0 Å². The molecule has 0 radical (unpaired) electrons. The van der Waals surface area contributed by atoms with Crippen molar-refractivity contribution in [3.8, 4) is 0 Å². The number of benzene rings is 1. The molecule has 0 saturated heterocycles. The summed E-state index contributed by atoms with van der Waals surface area (Å²) in [5.74, 6) is 1.03. The molecule has 1 aromatic carbocycles. The Kier molecular flexibility index (Phi) is 5.10.